The number of ether oxygens (including phenoxy) is 2. The molecule has 4 rings (SSSR count). The molecule has 27 heavy (non-hydrogen) atoms. The Morgan fingerprint density at radius 3 is 2.70 bits per heavy atom. The molecular weight excluding hydrogens is 342 g/mol. The van der Waals surface area contributed by atoms with Crippen LogP contribution >= 0.6 is 0 Å². The molecule has 0 aliphatic rings. The van der Waals surface area contributed by atoms with Crippen LogP contribution in [0.1, 0.15) is 5.56 Å². The summed E-state index contributed by atoms with van der Waals surface area (Å²) in [5.74, 6) is 0.438. The molecule has 2 aromatic carbocycles. The average molecular weight is 357 g/mol. The number of nitriles is 1. The first-order valence-corrected chi connectivity index (χ1v) is 8.16. The van der Waals surface area contributed by atoms with Crippen molar-refractivity contribution in [1.82, 2.24) is 19.5 Å². The fourth-order valence-electron chi connectivity index (χ4n) is 2.91. The highest BCUT2D eigenvalue weighted by molar-refractivity contribution is 5.79. The number of hydrogen-bond acceptors (Lipinski definition) is 6. The average Bonchev–Trinajstić information content (AvgIpc) is 3.16. The van der Waals surface area contributed by atoms with E-state index in [0.717, 1.165) is 27.8 Å². The van der Waals surface area contributed by atoms with E-state index in [9.17, 15) is 0 Å². The second-order valence-corrected chi connectivity index (χ2v) is 5.76. The molecule has 7 nitrogen and oxygen atoms in total. The number of rotatable bonds is 4. The van der Waals surface area contributed by atoms with Gasteiger partial charge in [-0.3, -0.25) is 4.57 Å². The lowest BCUT2D eigenvalue weighted by atomic mass is 10.1. The van der Waals surface area contributed by atoms with Crippen LogP contribution in [0.25, 0.3) is 27.8 Å². The zero-order chi connectivity index (χ0) is 18.8. The fourth-order valence-corrected chi connectivity index (χ4v) is 2.91. The van der Waals surface area contributed by atoms with E-state index in [-0.39, 0.29) is 6.01 Å². The Morgan fingerprint density at radius 1 is 1.04 bits per heavy atom. The zero-order valence-corrected chi connectivity index (χ0v) is 14.7. The largest absolute Gasteiger partial charge is 0.480 e. The van der Waals surface area contributed by atoms with Crippen molar-refractivity contribution in [1.29, 1.82) is 5.26 Å². The molecule has 0 saturated heterocycles. The number of nitrogens with zero attached hydrogens (tertiary/aromatic N) is 5. The Labute approximate surface area is 155 Å². The van der Waals surface area contributed by atoms with Crippen molar-refractivity contribution in [3.05, 3.63) is 60.6 Å². The Morgan fingerprint density at radius 2 is 1.93 bits per heavy atom. The third kappa shape index (κ3) is 2.93. The van der Waals surface area contributed by atoms with Gasteiger partial charge in [0, 0.05) is 11.9 Å². The number of aromatic nitrogens is 4. The van der Waals surface area contributed by atoms with Gasteiger partial charge in [0.2, 0.25) is 5.88 Å². The molecule has 132 valence electrons. The van der Waals surface area contributed by atoms with Gasteiger partial charge in [-0.15, -0.1) is 0 Å². The molecule has 0 fully saturated rings. The summed E-state index contributed by atoms with van der Waals surface area (Å²) < 4.78 is 12.4. The van der Waals surface area contributed by atoms with Crippen LogP contribution in [0, 0.1) is 11.3 Å². The minimum Gasteiger partial charge on any atom is -0.480 e. The van der Waals surface area contributed by atoms with E-state index in [2.05, 4.69) is 21.0 Å². The summed E-state index contributed by atoms with van der Waals surface area (Å²) >= 11 is 0. The van der Waals surface area contributed by atoms with Crippen molar-refractivity contribution in [2.45, 2.75) is 0 Å². The highest BCUT2D eigenvalue weighted by Crippen LogP contribution is 2.30. The summed E-state index contributed by atoms with van der Waals surface area (Å²) in [6.07, 6.45) is 3.42. The van der Waals surface area contributed by atoms with Gasteiger partial charge < -0.3 is 9.47 Å². The zero-order valence-electron chi connectivity index (χ0n) is 14.7. The van der Waals surface area contributed by atoms with Crippen LogP contribution in [-0.4, -0.2) is 33.7 Å². The Kier molecular flexibility index (Phi) is 4.15. The maximum absolute atomic E-state index is 9.05. The molecule has 0 amide bonds. The van der Waals surface area contributed by atoms with Gasteiger partial charge in [0.05, 0.1) is 42.4 Å². The number of benzene rings is 2. The van der Waals surface area contributed by atoms with E-state index in [0.29, 0.717) is 11.4 Å². The second kappa shape index (κ2) is 6.77. The fraction of sp³-hybridized carbons (Fsp3) is 0.100. The maximum atomic E-state index is 9.05. The first-order chi connectivity index (χ1) is 13.2. The molecule has 0 N–H and O–H groups in total. The van der Waals surface area contributed by atoms with Crippen molar-refractivity contribution < 1.29 is 9.47 Å². The van der Waals surface area contributed by atoms with E-state index in [1.807, 2.05) is 34.9 Å². The molecular formula is C20H15N5O2. The molecule has 2 aromatic heterocycles. The molecule has 2 heterocycles. The molecule has 0 aliphatic heterocycles. The van der Waals surface area contributed by atoms with Crippen LogP contribution in [0.15, 0.2) is 55.0 Å². The van der Waals surface area contributed by atoms with Crippen LogP contribution < -0.4 is 9.47 Å². The number of hydrogen-bond donors (Lipinski definition) is 0. The Balaban J connectivity index is 1.81. The van der Waals surface area contributed by atoms with Gasteiger partial charge in [-0.05, 0) is 35.9 Å². The predicted octanol–water partition coefficient (Wildman–Crippen LogP) is 3.37. The molecule has 0 spiro atoms. The molecule has 4 aromatic rings. The predicted molar refractivity (Wildman–Crippen MR) is 99.9 cm³/mol. The van der Waals surface area contributed by atoms with Gasteiger partial charge in [0.15, 0.2) is 0 Å². The van der Waals surface area contributed by atoms with E-state index >= 15 is 0 Å². The molecule has 0 atom stereocenters. The topological polar surface area (TPSA) is 85.8 Å². The van der Waals surface area contributed by atoms with Crippen molar-refractivity contribution >= 4 is 11.0 Å². The number of fused-ring (bicyclic) bond motifs is 1. The SMILES string of the molecule is COc1ncc(-c2cccc(-n3cnc4cc(C#N)ccc43)c2)c(OC)n1. The lowest BCUT2D eigenvalue weighted by molar-refractivity contribution is 0.353. The summed E-state index contributed by atoms with van der Waals surface area (Å²) in [5, 5.41) is 9.05. The molecule has 0 bridgehead atoms. The van der Waals surface area contributed by atoms with Crippen LogP contribution in [0.4, 0.5) is 0 Å². The van der Waals surface area contributed by atoms with Gasteiger partial charge >= 0.3 is 6.01 Å². The Bertz CT molecular complexity index is 1180. The quantitative estimate of drug-likeness (QED) is 0.557. The van der Waals surface area contributed by atoms with Crippen molar-refractivity contribution in [2.24, 2.45) is 0 Å². The van der Waals surface area contributed by atoms with Crippen molar-refractivity contribution in [3.8, 4) is 34.8 Å². The third-order valence-corrected chi connectivity index (χ3v) is 4.22. The number of methoxy groups -OCH3 is 2. The molecule has 0 unspecified atom stereocenters. The van der Waals surface area contributed by atoms with E-state index < -0.39 is 0 Å². The standard InChI is InChI=1S/C20H15N5O2/c1-26-19-16(11-22-20(24-19)27-2)14-4-3-5-15(9-14)25-12-23-17-8-13(10-21)6-7-18(17)25/h3-9,11-12H,1-2H3. The maximum Gasteiger partial charge on any atom is 0.319 e. The highest BCUT2D eigenvalue weighted by atomic mass is 16.5. The van der Waals surface area contributed by atoms with Crippen LogP contribution in [0.5, 0.6) is 11.9 Å². The van der Waals surface area contributed by atoms with Crippen LogP contribution in [-0.2, 0) is 0 Å². The van der Waals surface area contributed by atoms with Crippen molar-refractivity contribution in [2.75, 3.05) is 14.2 Å². The minimum absolute atomic E-state index is 0.251. The molecule has 0 saturated carbocycles. The van der Waals surface area contributed by atoms with Gasteiger partial charge in [0.1, 0.15) is 6.33 Å². The van der Waals surface area contributed by atoms with E-state index in [4.69, 9.17) is 14.7 Å². The normalized spacial score (nSPS) is 10.6. The highest BCUT2D eigenvalue weighted by Gasteiger charge is 2.12. The smallest absolute Gasteiger partial charge is 0.319 e. The summed E-state index contributed by atoms with van der Waals surface area (Å²) in [5.41, 5.74) is 4.87. The second-order valence-electron chi connectivity index (χ2n) is 5.76. The minimum atomic E-state index is 0.251. The van der Waals surface area contributed by atoms with Crippen molar-refractivity contribution in [3.63, 3.8) is 0 Å². The summed E-state index contributed by atoms with van der Waals surface area (Å²) in [7, 11) is 3.07. The summed E-state index contributed by atoms with van der Waals surface area (Å²) in [4.78, 5) is 12.8. The number of imidazole rings is 1. The van der Waals surface area contributed by atoms with Gasteiger partial charge in [0.25, 0.3) is 0 Å². The van der Waals surface area contributed by atoms with Crippen LogP contribution in [0.3, 0.4) is 0 Å². The Hall–Kier alpha value is -3.92. The molecule has 0 radical (unpaired) electrons. The van der Waals surface area contributed by atoms with Gasteiger partial charge in [-0.2, -0.15) is 10.2 Å². The van der Waals surface area contributed by atoms with E-state index in [1.54, 1.807) is 31.8 Å². The monoisotopic (exact) mass is 357 g/mol. The first-order valence-electron chi connectivity index (χ1n) is 8.16. The summed E-state index contributed by atoms with van der Waals surface area (Å²) in [6.45, 7) is 0. The first kappa shape index (κ1) is 16.5. The van der Waals surface area contributed by atoms with Gasteiger partial charge in [-0.1, -0.05) is 12.1 Å². The van der Waals surface area contributed by atoms with Gasteiger partial charge in [-0.25, -0.2) is 9.97 Å². The third-order valence-electron chi connectivity index (χ3n) is 4.22. The van der Waals surface area contributed by atoms with E-state index in [1.165, 1.54) is 7.11 Å². The molecule has 7 heteroatoms. The van der Waals surface area contributed by atoms with Crippen LogP contribution in [0.2, 0.25) is 0 Å². The molecule has 0 aliphatic carbocycles. The lowest BCUT2D eigenvalue weighted by Crippen LogP contribution is -1.98. The lowest BCUT2D eigenvalue weighted by Gasteiger charge is -2.10. The summed E-state index contributed by atoms with van der Waals surface area (Å²) in [6, 6.07) is 15.7.